The fraction of sp³-hybridized carbons (Fsp3) is 0. The maximum Gasteiger partial charge on any atom is 0.0973 e. The van der Waals surface area contributed by atoms with Crippen LogP contribution in [0, 0.1) is 0 Å². The van der Waals surface area contributed by atoms with E-state index in [4.69, 9.17) is 9.97 Å². The molecule has 0 amide bonds. The van der Waals surface area contributed by atoms with Gasteiger partial charge >= 0.3 is 0 Å². The van der Waals surface area contributed by atoms with Gasteiger partial charge in [0.25, 0.3) is 0 Å². The fourth-order valence-electron chi connectivity index (χ4n) is 6.26. The monoisotopic (exact) mass is 601 g/mol. The quantitative estimate of drug-likeness (QED) is 0.182. The van der Waals surface area contributed by atoms with Crippen LogP contribution in [-0.4, -0.2) is 9.97 Å². The van der Waals surface area contributed by atoms with Crippen molar-refractivity contribution < 1.29 is 0 Å². The minimum absolute atomic E-state index is 0.866. The largest absolute Gasteiger partial charge is 0.310 e. The Morgan fingerprint density at radius 2 is 0.723 bits per heavy atom. The Morgan fingerprint density at radius 1 is 0.298 bits per heavy atom. The van der Waals surface area contributed by atoms with E-state index >= 15 is 0 Å². The molecule has 222 valence electrons. The molecule has 0 bridgehead atoms. The molecule has 1 aromatic heterocycles. The van der Waals surface area contributed by atoms with Crippen LogP contribution in [0.1, 0.15) is 0 Å². The van der Waals surface area contributed by atoms with E-state index < -0.39 is 0 Å². The molecule has 0 saturated carbocycles. The molecule has 0 aliphatic carbocycles. The van der Waals surface area contributed by atoms with Crippen molar-refractivity contribution in [1.29, 1.82) is 0 Å². The van der Waals surface area contributed by atoms with E-state index in [9.17, 15) is 0 Å². The summed E-state index contributed by atoms with van der Waals surface area (Å²) in [6.07, 6.45) is 0. The summed E-state index contributed by atoms with van der Waals surface area (Å²) in [6, 6.07) is 65.6. The van der Waals surface area contributed by atoms with Crippen molar-refractivity contribution in [1.82, 2.24) is 9.97 Å². The van der Waals surface area contributed by atoms with Crippen molar-refractivity contribution in [2.24, 2.45) is 0 Å². The molecule has 0 radical (unpaired) electrons. The first kappa shape index (κ1) is 28.2. The second kappa shape index (κ2) is 12.6. The van der Waals surface area contributed by atoms with E-state index in [0.29, 0.717) is 0 Å². The van der Waals surface area contributed by atoms with Gasteiger partial charge in [0, 0.05) is 28.1 Å². The molecule has 8 aromatic rings. The summed E-state index contributed by atoms with van der Waals surface area (Å²) in [5.74, 6) is 0. The number of fused-ring (bicyclic) bond motifs is 1. The van der Waals surface area contributed by atoms with Gasteiger partial charge in [0.05, 0.1) is 28.1 Å². The summed E-state index contributed by atoms with van der Waals surface area (Å²) in [4.78, 5) is 12.5. The van der Waals surface area contributed by atoms with Crippen molar-refractivity contribution in [2.75, 3.05) is 4.90 Å². The zero-order valence-electron chi connectivity index (χ0n) is 25.7. The van der Waals surface area contributed by atoms with Crippen LogP contribution in [0.3, 0.4) is 0 Å². The lowest BCUT2D eigenvalue weighted by Gasteiger charge is -2.28. The van der Waals surface area contributed by atoms with Crippen molar-refractivity contribution in [2.45, 2.75) is 0 Å². The lowest BCUT2D eigenvalue weighted by atomic mass is 9.93. The van der Waals surface area contributed by atoms with Crippen molar-refractivity contribution >= 4 is 28.1 Å². The smallest absolute Gasteiger partial charge is 0.0973 e. The van der Waals surface area contributed by atoms with Crippen LogP contribution < -0.4 is 4.90 Å². The molecule has 3 nitrogen and oxygen atoms in total. The lowest BCUT2D eigenvalue weighted by Crippen LogP contribution is -2.11. The number of para-hydroxylation sites is 4. The van der Waals surface area contributed by atoms with E-state index in [1.54, 1.807) is 0 Å². The molecule has 7 aromatic carbocycles. The summed E-state index contributed by atoms with van der Waals surface area (Å²) < 4.78 is 0. The topological polar surface area (TPSA) is 29.0 Å². The predicted octanol–water partition coefficient (Wildman–Crippen LogP) is 11.8. The number of rotatable bonds is 7. The Labute approximate surface area is 275 Å². The van der Waals surface area contributed by atoms with Gasteiger partial charge in [0.15, 0.2) is 0 Å². The standard InChI is InChI=1S/C44H31N3/c1-4-16-32(17-5-1)37-22-10-11-23-38(37)39-24-12-15-27-42(39)47(35-20-8-3-9-21-35)36-30-28-34(29-31-36)44-43(33-18-6-2-7-19-33)45-40-25-13-14-26-41(40)46-44/h1-31H. The minimum atomic E-state index is 0.866. The van der Waals surface area contributed by atoms with E-state index in [0.717, 1.165) is 56.2 Å². The molecule has 0 spiro atoms. The zero-order valence-corrected chi connectivity index (χ0v) is 25.7. The Kier molecular flexibility index (Phi) is 7.54. The number of aromatic nitrogens is 2. The summed E-state index contributed by atoms with van der Waals surface area (Å²) in [7, 11) is 0. The highest BCUT2D eigenvalue weighted by Gasteiger charge is 2.20. The third kappa shape index (κ3) is 5.56. The zero-order chi connectivity index (χ0) is 31.4. The van der Waals surface area contributed by atoms with Gasteiger partial charge in [-0.1, -0.05) is 146 Å². The van der Waals surface area contributed by atoms with Gasteiger partial charge < -0.3 is 4.90 Å². The highest BCUT2D eigenvalue weighted by molar-refractivity contribution is 5.94. The second-order valence-electron chi connectivity index (χ2n) is 11.4. The summed E-state index contributed by atoms with van der Waals surface area (Å²) in [6.45, 7) is 0. The van der Waals surface area contributed by atoms with Gasteiger partial charge in [0.1, 0.15) is 0 Å². The van der Waals surface area contributed by atoms with Gasteiger partial charge in [-0.3, -0.25) is 0 Å². The summed E-state index contributed by atoms with van der Waals surface area (Å²) in [5, 5.41) is 0. The first-order valence-electron chi connectivity index (χ1n) is 15.9. The Morgan fingerprint density at radius 3 is 1.34 bits per heavy atom. The number of hydrogen-bond donors (Lipinski definition) is 0. The van der Waals surface area contributed by atoms with Crippen molar-refractivity contribution in [3.05, 3.63) is 188 Å². The molecule has 47 heavy (non-hydrogen) atoms. The number of benzene rings is 7. The van der Waals surface area contributed by atoms with Gasteiger partial charge in [-0.15, -0.1) is 0 Å². The van der Waals surface area contributed by atoms with Crippen LogP contribution in [0.5, 0.6) is 0 Å². The van der Waals surface area contributed by atoms with Crippen LogP contribution in [0.25, 0.3) is 55.8 Å². The van der Waals surface area contributed by atoms with Gasteiger partial charge in [-0.25, -0.2) is 9.97 Å². The van der Waals surface area contributed by atoms with E-state index in [2.05, 4.69) is 150 Å². The van der Waals surface area contributed by atoms with Gasteiger partial charge in [-0.05, 0) is 59.2 Å². The molecule has 0 fully saturated rings. The molecule has 8 rings (SSSR count). The average Bonchev–Trinajstić information content (AvgIpc) is 3.16. The van der Waals surface area contributed by atoms with Crippen molar-refractivity contribution in [3.8, 4) is 44.8 Å². The molecular formula is C44H31N3. The molecule has 0 N–H and O–H groups in total. The van der Waals surface area contributed by atoms with Crippen LogP contribution in [0.2, 0.25) is 0 Å². The molecule has 0 saturated heterocycles. The van der Waals surface area contributed by atoms with Gasteiger partial charge in [-0.2, -0.15) is 0 Å². The average molecular weight is 602 g/mol. The first-order valence-corrected chi connectivity index (χ1v) is 15.9. The summed E-state index contributed by atoms with van der Waals surface area (Å²) in [5.41, 5.74) is 13.5. The predicted molar refractivity (Wildman–Crippen MR) is 196 cm³/mol. The summed E-state index contributed by atoms with van der Waals surface area (Å²) >= 11 is 0. The number of hydrogen-bond acceptors (Lipinski definition) is 3. The van der Waals surface area contributed by atoms with Crippen LogP contribution >= 0.6 is 0 Å². The second-order valence-corrected chi connectivity index (χ2v) is 11.4. The highest BCUT2D eigenvalue weighted by atomic mass is 15.1. The van der Waals surface area contributed by atoms with E-state index in [-0.39, 0.29) is 0 Å². The molecule has 0 aliphatic rings. The van der Waals surface area contributed by atoms with E-state index in [1.807, 2.05) is 42.5 Å². The van der Waals surface area contributed by atoms with Crippen molar-refractivity contribution in [3.63, 3.8) is 0 Å². The normalized spacial score (nSPS) is 11.0. The molecule has 3 heteroatoms. The van der Waals surface area contributed by atoms with Crippen LogP contribution in [-0.2, 0) is 0 Å². The maximum atomic E-state index is 5.13. The minimum Gasteiger partial charge on any atom is -0.310 e. The number of nitrogens with zero attached hydrogens (tertiary/aromatic N) is 3. The molecule has 0 aliphatic heterocycles. The molecule has 0 atom stereocenters. The molecular weight excluding hydrogens is 571 g/mol. The highest BCUT2D eigenvalue weighted by Crippen LogP contribution is 2.44. The van der Waals surface area contributed by atoms with Crippen LogP contribution in [0.15, 0.2) is 188 Å². The maximum absolute atomic E-state index is 5.13. The van der Waals surface area contributed by atoms with E-state index in [1.165, 1.54) is 16.7 Å². The van der Waals surface area contributed by atoms with Crippen LogP contribution in [0.4, 0.5) is 17.1 Å². The third-order valence-electron chi connectivity index (χ3n) is 8.48. The SMILES string of the molecule is c1ccc(-c2ccccc2-c2ccccc2N(c2ccccc2)c2ccc(-c3nc4ccccc4nc3-c3ccccc3)cc2)cc1. The molecule has 1 heterocycles. The fourth-order valence-corrected chi connectivity index (χ4v) is 6.26. The first-order chi connectivity index (χ1) is 23.3. The Balaban J connectivity index is 1.27. The lowest BCUT2D eigenvalue weighted by molar-refractivity contribution is 1.27. The molecule has 0 unspecified atom stereocenters. The number of anilines is 3. The Hall–Kier alpha value is -6.32. The Bertz CT molecular complexity index is 2280. The van der Waals surface area contributed by atoms with Gasteiger partial charge in [0.2, 0.25) is 0 Å². The third-order valence-corrected chi connectivity index (χ3v) is 8.48.